The maximum absolute atomic E-state index is 8.63. The first kappa shape index (κ1) is 22.6. The van der Waals surface area contributed by atoms with Gasteiger partial charge in [0.1, 0.15) is 0 Å². The van der Waals surface area contributed by atoms with Crippen molar-refractivity contribution in [1.29, 1.82) is 0 Å². The second-order valence-corrected chi connectivity index (χ2v) is 1.56. The predicted octanol–water partition coefficient (Wildman–Crippen LogP) is -6.33. The number of hydrogen-bond acceptors (Lipinski definition) is 4. The molecule has 0 radical (unpaired) electrons. The van der Waals surface area contributed by atoms with Gasteiger partial charge in [-0.3, -0.25) is 4.55 Å². The van der Waals surface area contributed by atoms with Gasteiger partial charge in [0.05, 0.1) is 0 Å². The predicted molar refractivity (Wildman–Crippen MR) is 28.3 cm³/mol. The molecule has 0 amide bonds. The van der Waals surface area contributed by atoms with Crippen molar-refractivity contribution in [3.63, 3.8) is 0 Å². The van der Waals surface area contributed by atoms with Gasteiger partial charge in [-0.15, -0.1) is 0 Å². The van der Waals surface area contributed by atoms with E-state index in [-0.39, 0.29) is 59.1 Å². The zero-order valence-corrected chi connectivity index (χ0v) is 11.1. The molecule has 0 aliphatic carbocycles. The summed E-state index contributed by atoms with van der Waals surface area (Å²) in [5.41, 5.74) is 0. The monoisotopic (exact) mass is 201 g/mol. The third-order valence-electron chi connectivity index (χ3n) is 0. The molecule has 0 saturated heterocycles. The molecule has 0 aromatic carbocycles. The summed E-state index contributed by atoms with van der Waals surface area (Å²) in [5, 5.41) is 8.47. The third-order valence-corrected chi connectivity index (χ3v) is 0. The number of hydrogen-bond donors (Lipinski definition) is 1. The van der Waals surface area contributed by atoms with Crippen LogP contribution in [-0.4, -0.2) is 22.7 Å². The normalized spacial score (nSPS) is 6.60. The summed E-state index contributed by atoms with van der Waals surface area (Å²) in [6.45, 7) is 0. The van der Waals surface area contributed by atoms with Crippen LogP contribution in [0, 0.1) is 0 Å². The van der Waals surface area contributed by atoms with Crippen LogP contribution in [0.2, 0.25) is 0 Å². The Morgan fingerprint density at radius 3 is 1.50 bits per heavy atom. The first-order valence-corrected chi connectivity index (χ1v) is 2.88. The molecule has 0 rings (SSSR count). The summed E-state index contributed by atoms with van der Waals surface area (Å²) in [7, 11) is -4.92. The number of rotatable bonds is 0. The standard InChI is InChI=1S/CNS.2Na.H2O4S/c2-1-3;;;1-5(2,3)4/h;;;(H2,1,2,3,4)/q-1;2*+1;/p-1. The van der Waals surface area contributed by atoms with Gasteiger partial charge in [0.2, 0.25) is 10.4 Å². The van der Waals surface area contributed by atoms with Crippen molar-refractivity contribution in [2.75, 3.05) is 0 Å². The SMILES string of the molecule is O=S(=O)([O-])O.[N-]=C=S.[Na+].[Na+]. The Balaban J connectivity index is -0.0000000326. The Kier molecular flexibility index (Phi) is 30.0. The first-order valence-electron chi connectivity index (χ1n) is 1.11. The van der Waals surface area contributed by atoms with E-state index in [0.29, 0.717) is 0 Å². The van der Waals surface area contributed by atoms with Crippen molar-refractivity contribution in [2.24, 2.45) is 0 Å². The maximum Gasteiger partial charge on any atom is 1.00 e. The largest absolute Gasteiger partial charge is 1.00 e. The third kappa shape index (κ3) is 261. The molecular weight excluding hydrogens is 200 g/mol. The fourth-order valence-corrected chi connectivity index (χ4v) is 0. The summed E-state index contributed by atoms with van der Waals surface area (Å²) < 4.78 is 32.8. The van der Waals surface area contributed by atoms with E-state index in [1.54, 1.807) is 0 Å². The van der Waals surface area contributed by atoms with E-state index in [1.165, 1.54) is 5.16 Å². The van der Waals surface area contributed by atoms with Crippen molar-refractivity contribution >= 4 is 27.8 Å². The summed E-state index contributed by atoms with van der Waals surface area (Å²) in [5.74, 6) is 0. The van der Waals surface area contributed by atoms with Crippen molar-refractivity contribution < 1.29 is 76.6 Å². The van der Waals surface area contributed by atoms with E-state index in [4.69, 9.17) is 22.9 Å². The van der Waals surface area contributed by atoms with Gasteiger partial charge < -0.3 is 9.96 Å². The zero-order valence-electron chi connectivity index (χ0n) is 5.44. The minimum atomic E-state index is -4.92. The second-order valence-electron chi connectivity index (χ2n) is 0.519. The van der Waals surface area contributed by atoms with E-state index < -0.39 is 10.4 Å². The molecule has 0 spiro atoms. The van der Waals surface area contributed by atoms with E-state index in [1.807, 2.05) is 0 Å². The molecule has 0 saturated carbocycles. The van der Waals surface area contributed by atoms with Crippen LogP contribution in [-0.2, 0) is 10.4 Å². The van der Waals surface area contributed by atoms with Crippen LogP contribution < -0.4 is 59.1 Å². The van der Waals surface area contributed by atoms with E-state index in [2.05, 4.69) is 12.2 Å². The maximum atomic E-state index is 8.63. The quantitative estimate of drug-likeness (QED) is 0.138. The minimum Gasteiger partial charge on any atom is -0.753 e. The van der Waals surface area contributed by atoms with Crippen LogP contribution in [0.5, 0.6) is 0 Å². The molecule has 0 fully saturated rings. The van der Waals surface area contributed by atoms with E-state index in [9.17, 15) is 0 Å². The fourth-order valence-electron chi connectivity index (χ4n) is 0. The van der Waals surface area contributed by atoms with Crippen LogP contribution in [0.1, 0.15) is 0 Å². The average molecular weight is 201 g/mol. The van der Waals surface area contributed by atoms with Crippen molar-refractivity contribution in [2.45, 2.75) is 0 Å². The van der Waals surface area contributed by atoms with Crippen molar-refractivity contribution in [3.05, 3.63) is 5.41 Å². The topological polar surface area (TPSA) is 99.7 Å². The minimum absolute atomic E-state index is 0. The molecule has 0 atom stereocenters. The van der Waals surface area contributed by atoms with Gasteiger partial charge in [-0.2, -0.15) is 5.16 Å². The summed E-state index contributed by atoms with van der Waals surface area (Å²) in [6, 6.07) is 0. The average Bonchev–Trinajstić information content (AvgIpc) is 1.27. The van der Waals surface area contributed by atoms with Crippen LogP contribution in [0.25, 0.3) is 5.41 Å². The van der Waals surface area contributed by atoms with Gasteiger partial charge >= 0.3 is 59.1 Å². The molecule has 0 unspecified atom stereocenters. The molecule has 48 valence electrons. The van der Waals surface area contributed by atoms with Crippen molar-refractivity contribution in [1.82, 2.24) is 0 Å². The summed E-state index contributed by atoms with van der Waals surface area (Å²) in [6.07, 6.45) is 0. The molecule has 0 aromatic rings. The zero-order chi connectivity index (χ0) is 7.21. The molecule has 0 aromatic heterocycles. The first-order chi connectivity index (χ1) is 3.41. The summed E-state index contributed by atoms with van der Waals surface area (Å²) >= 11 is 3.70. The molecule has 0 heterocycles. The number of thiocarbonyl (C=S) groups is 1. The molecule has 0 aliphatic rings. The van der Waals surface area contributed by atoms with Crippen LogP contribution in [0.4, 0.5) is 0 Å². The van der Waals surface area contributed by atoms with Gasteiger partial charge in [-0.25, -0.2) is 8.42 Å². The van der Waals surface area contributed by atoms with Gasteiger partial charge in [-0.05, 0) is 0 Å². The van der Waals surface area contributed by atoms with Gasteiger partial charge in [0, 0.05) is 0 Å². The van der Waals surface area contributed by atoms with Gasteiger partial charge in [0.25, 0.3) is 0 Å². The molecule has 0 aliphatic heterocycles. The number of isothiocyanates is 1. The molecule has 5 nitrogen and oxygen atoms in total. The smallest absolute Gasteiger partial charge is 0.753 e. The molecule has 1 N–H and O–H groups in total. The molecule has 10 heavy (non-hydrogen) atoms. The van der Waals surface area contributed by atoms with Gasteiger partial charge in [0.15, 0.2) is 0 Å². The fraction of sp³-hybridized carbons (Fsp3) is 0. The molecule has 9 heteroatoms. The Bertz CT molecular complexity index is 162. The van der Waals surface area contributed by atoms with Crippen LogP contribution in [0.15, 0.2) is 0 Å². The van der Waals surface area contributed by atoms with Crippen LogP contribution >= 0.6 is 12.2 Å². The molecular formula is CHNNa2O4S2. The Hall–Kier alpha value is 1.67. The van der Waals surface area contributed by atoms with Crippen LogP contribution in [0.3, 0.4) is 0 Å². The Labute approximate surface area is 108 Å². The second kappa shape index (κ2) is 13.3. The Morgan fingerprint density at radius 1 is 1.50 bits per heavy atom. The molecule has 0 bridgehead atoms. The van der Waals surface area contributed by atoms with E-state index in [0.717, 1.165) is 0 Å². The van der Waals surface area contributed by atoms with Crippen molar-refractivity contribution in [3.8, 4) is 0 Å². The van der Waals surface area contributed by atoms with Gasteiger partial charge in [-0.1, -0.05) is 12.2 Å². The number of nitrogens with zero attached hydrogens (tertiary/aromatic N) is 1. The van der Waals surface area contributed by atoms with E-state index >= 15 is 0 Å². The Morgan fingerprint density at radius 2 is 1.50 bits per heavy atom. The summed E-state index contributed by atoms with van der Waals surface area (Å²) in [4.78, 5) is 0.